The normalized spacial score (nSPS) is 17.0. The molecule has 1 aromatic carbocycles. The minimum absolute atomic E-state index is 0.0622. The summed E-state index contributed by atoms with van der Waals surface area (Å²) in [5.41, 5.74) is 0.490. The van der Waals surface area contributed by atoms with Gasteiger partial charge in [0.25, 0.3) is 5.91 Å². The molecule has 0 N–H and O–H groups in total. The average Bonchev–Trinajstić information content (AvgIpc) is 2.48. The monoisotopic (exact) mass is 364 g/mol. The van der Waals surface area contributed by atoms with Gasteiger partial charge >= 0.3 is 0 Å². The van der Waals surface area contributed by atoms with Crippen LogP contribution in [0.1, 0.15) is 23.2 Å². The molecule has 1 heterocycles. The van der Waals surface area contributed by atoms with Gasteiger partial charge in [-0.3, -0.25) is 4.79 Å². The second kappa shape index (κ2) is 6.74. The molecule has 8 heteroatoms. The zero-order chi connectivity index (χ0) is 16.5. The largest absolute Gasteiger partial charge is 0.339 e. The van der Waals surface area contributed by atoms with Crippen LogP contribution in [0.5, 0.6) is 0 Å². The fraction of sp³-hybridized carbons (Fsp3) is 0.500. The van der Waals surface area contributed by atoms with E-state index >= 15 is 0 Å². The summed E-state index contributed by atoms with van der Waals surface area (Å²) in [6, 6.07) is 4.74. The zero-order valence-corrected chi connectivity index (χ0v) is 14.7. The van der Waals surface area contributed by atoms with E-state index in [2.05, 4.69) is 0 Å². The van der Waals surface area contributed by atoms with Crippen LogP contribution in [-0.2, 0) is 10.0 Å². The van der Waals surface area contributed by atoms with E-state index in [1.807, 2.05) is 0 Å². The Bertz CT molecular complexity index is 671. The Morgan fingerprint density at radius 1 is 1.23 bits per heavy atom. The predicted molar refractivity (Wildman–Crippen MR) is 88.0 cm³/mol. The van der Waals surface area contributed by atoms with Crippen molar-refractivity contribution in [3.63, 3.8) is 0 Å². The maximum absolute atomic E-state index is 12.4. The molecule has 1 amide bonds. The molecule has 0 saturated carbocycles. The maximum atomic E-state index is 12.4. The van der Waals surface area contributed by atoms with E-state index in [1.54, 1.807) is 30.1 Å². The van der Waals surface area contributed by atoms with Crippen LogP contribution < -0.4 is 0 Å². The lowest BCUT2D eigenvalue weighted by atomic mass is 10.0. The molecule has 0 spiro atoms. The molecule has 5 nitrogen and oxygen atoms in total. The minimum Gasteiger partial charge on any atom is -0.339 e. The van der Waals surface area contributed by atoms with Crippen LogP contribution in [0.2, 0.25) is 10.0 Å². The van der Waals surface area contributed by atoms with Crippen molar-refractivity contribution in [1.29, 1.82) is 0 Å². The molecule has 0 aliphatic carbocycles. The van der Waals surface area contributed by atoms with Gasteiger partial charge in [-0.05, 0) is 31.0 Å². The highest BCUT2D eigenvalue weighted by Gasteiger charge is 2.29. The van der Waals surface area contributed by atoms with Gasteiger partial charge in [0, 0.05) is 31.7 Å². The number of amides is 1. The van der Waals surface area contributed by atoms with Crippen molar-refractivity contribution in [2.24, 2.45) is 0 Å². The summed E-state index contributed by atoms with van der Waals surface area (Å²) in [6.07, 6.45) is 2.44. The third kappa shape index (κ3) is 3.93. The first-order chi connectivity index (χ1) is 10.2. The van der Waals surface area contributed by atoms with Crippen LogP contribution in [0, 0.1) is 0 Å². The molecule has 0 atom stereocenters. The first-order valence-corrected chi connectivity index (χ1v) is 9.48. The van der Waals surface area contributed by atoms with Crippen LogP contribution in [0.4, 0.5) is 0 Å². The van der Waals surface area contributed by atoms with Crippen LogP contribution in [0.3, 0.4) is 0 Å². The first kappa shape index (κ1) is 17.5. The van der Waals surface area contributed by atoms with E-state index in [4.69, 9.17) is 23.2 Å². The Morgan fingerprint density at radius 3 is 2.32 bits per heavy atom. The number of hydrogen-bond donors (Lipinski definition) is 0. The van der Waals surface area contributed by atoms with Gasteiger partial charge in [0.1, 0.15) is 0 Å². The molecule has 1 fully saturated rings. The number of rotatable bonds is 3. The van der Waals surface area contributed by atoms with Crippen molar-refractivity contribution in [2.45, 2.75) is 18.9 Å². The van der Waals surface area contributed by atoms with E-state index in [0.29, 0.717) is 41.5 Å². The summed E-state index contributed by atoms with van der Waals surface area (Å²) in [5, 5.41) is 0.755. The van der Waals surface area contributed by atoms with Gasteiger partial charge < -0.3 is 4.90 Å². The number of sulfonamides is 1. The smallest absolute Gasteiger partial charge is 0.253 e. The predicted octanol–water partition coefficient (Wildman–Crippen LogP) is 2.49. The standard InChI is InChI=1S/C14H18Cl2N2O3S/c1-17(22(2,20)21)11-5-7-18(8-6-11)14(19)10-3-4-12(15)13(16)9-10/h3-4,9,11H,5-8H2,1-2H3. The Hall–Kier alpha value is -0.820. The number of benzene rings is 1. The molecule has 0 radical (unpaired) electrons. The van der Waals surface area contributed by atoms with Gasteiger partial charge in [-0.2, -0.15) is 0 Å². The molecule has 1 saturated heterocycles. The lowest BCUT2D eigenvalue weighted by Crippen LogP contribution is -2.47. The molecule has 1 aliphatic rings. The summed E-state index contributed by atoms with van der Waals surface area (Å²) >= 11 is 11.8. The average molecular weight is 365 g/mol. The van der Waals surface area contributed by atoms with E-state index in [9.17, 15) is 13.2 Å². The SMILES string of the molecule is CN(C1CCN(C(=O)c2ccc(Cl)c(Cl)c2)CC1)S(C)(=O)=O. The van der Waals surface area contributed by atoms with Gasteiger partial charge in [0.15, 0.2) is 0 Å². The third-order valence-corrected chi connectivity index (χ3v) is 6.04. The number of nitrogens with zero attached hydrogens (tertiary/aromatic N) is 2. The van der Waals surface area contributed by atoms with Crippen molar-refractivity contribution in [2.75, 3.05) is 26.4 Å². The third-order valence-electron chi connectivity index (χ3n) is 3.96. The molecule has 0 aromatic heterocycles. The van der Waals surface area contributed by atoms with Gasteiger partial charge in [-0.1, -0.05) is 23.2 Å². The van der Waals surface area contributed by atoms with Crippen molar-refractivity contribution in [1.82, 2.24) is 9.21 Å². The second-order valence-electron chi connectivity index (χ2n) is 5.43. The fourth-order valence-electron chi connectivity index (χ4n) is 2.52. The van der Waals surface area contributed by atoms with Crippen LogP contribution >= 0.6 is 23.2 Å². The summed E-state index contributed by atoms with van der Waals surface area (Å²) < 4.78 is 24.5. The molecule has 1 aliphatic heterocycles. The number of halogens is 2. The van der Waals surface area contributed by atoms with Gasteiger partial charge in [0.05, 0.1) is 16.3 Å². The number of likely N-dealkylation sites (tertiary alicyclic amines) is 1. The molecule has 1 aromatic rings. The molecule has 0 unspecified atom stereocenters. The number of hydrogen-bond acceptors (Lipinski definition) is 3. The maximum Gasteiger partial charge on any atom is 0.253 e. The molecule has 122 valence electrons. The lowest BCUT2D eigenvalue weighted by molar-refractivity contribution is 0.0686. The number of carbonyl (C=O) groups excluding carboxylic acids is 1. The zero-order valence-electron chi connectivity index (χ0n) is 12.4. The van der Waals surface area contributed by atoms with Gasteiger partial charge in [0.2, 0.25) is 10.0 Å². The van der Waals surface area contributed by atoms with Crippen molar-refractivity contribution in [3.05, 3.63) is 33.8 Å². The van der Waals surface area contributed by atoms with E-state index < -0.39 is 10.0 Å². The quantitative estimate of drug-likeness (QED) is 0.827. The van der Waals surface area contributed by atoms with E-state index in [0.717, 1.165) is 0 Å². The second-order valence-corrected chi connectivity index (χ2v) is 8.29. The summed E-state index contributed by atoms with van der Waals surface area (Å²) in [7, 11) is -1.63. The van der Waals surface area contributed by atoms with Crippen LogP contribution in [0.25, 0.3) is 0 Å². The highest BCUT2D eigenvalue weighted by atomic mass is 35.5. The Labute approximate surface area is 140 Å². The summed E-state index contributed by atoms with van der Waals surface area (Å²) in [4.78, 5) is 14.1. The van der Waals surface area contributed by atoms with E-state index in [-0.39, 0.29) is 11.9 Å². The number of carbonyl (C=O) groups is 1. The van der Waals surface area contributed by atoms with Crippen molar-refractivity contribution < 1.29 is 13.2 Å². The summed E-state index contributed by atoms with van der Waals surface area (Å²) in [5.74, 6) is -0.112. The number of piperidine rings is 1. The van der Waals surface area contributed by atoms with Gasteiger partial charge in [-0.15, -0.1) is 0 Å². The van der Waals surface area contributed by atoms with Crippen LogP contribution in [0.15, 0.2) is 18.2 Å². The van der Waals surface area contributed by atoms with Crippen molar-refractivity contribution >= 4 is 39.1 Å². The van der Waals surface area contributed by atoms with Crippen molar-refractivity contribution in [3.8, 4) is 0 Å². The Morgan fingerprint density at radius 2 is 1.82 bits per heavy atom. The first-order valence-electron chi connectivity index (χ1n) is 6.87. The Balaban J connectivity index is 2.02. The molecular formula is C14H18Cl2N2O3S. The minimum atomic E-state index is -3.20. The molecular weight excluding hydrogens is 347 g/mol. The van der Waals surface area contributed by atoms with Crippen LogP contribution in [-0.4, -0.2) is 56.0 Å². The van der Waals surface area contributed by atoms with Gasteiger partial charge in [-0.25, -0.2) is 12.7 Å². The molecule has 2 rings (SSSR count). The topological polar surface area (TPSA) is 57.7 Å². The highest BCUT2D eigenvalue weighted by molar-refractivity contribution is 7.88. The molecule has 0 bridgehead atoms. The Kier molecular flexibility index (Phi) is 5.37. The molecule has 22 heavy (non-hydrogen) atoms. The highest BCUT2D eigenvalue weighted by Crippen LogP contribution is 2.24. The summed E-state index contributed by atoms with van der Waals surface area (Å²) in [6.45, 7) is 1.03. The van der Waals surface area contributed by atoms with E-state index in [1.165, 1.54) is 10.6 Å². The fourth-order valence-corrected chi connectivity index (χ4v) is 3.57. The lowest BCUT2D eigenvalue weighted by Gasteiger charge is -2.35.